The van der Waals surface area contributed by atoms with Crippen molar-refractivity contribution in [1.82, 2.24) is 5.32 Å². The first-order valence-electron chi connectivity index (χ1n) is 6.21. The molecule has 4 nitrogen and oxygen atoms in total. The van der Waals surface area contributed by atoms with Crippen molar-refractivity contribution in [1.29, 1.82) is 0 Å². The molecule has 2 fully saturated rings. The molecule has 1 saturated heterocycles. The maximum Gasteiger partial charge on any atom is 0.151 e. The van der Waals surface area contributed by atoms with Gasteiger partial charge < -0.3 is 10.4 Å². The smallest absolute Gasteiger partial charge is 0.151 e. The molecule has 16 heavy (non-hydrogen) atoms. The van der Waals surface area contributed by atoms with Crippen LogP contribution in [0.4, 0.5) is 0 Å². The summed E-state index contributed by atoms with van der Waals surface area (Å²) in [5.41, 5.74) is 0. The van der Waals surface area contributed by atoms with E-state index in [9.17, 15) is 13.5 Å². The average Bonchev–Trinajstić information content (AvgIpc) is 2.20. The largest absolute Gasteiger partial charge is 0.392 e. The molecule has 0 aromatic heterocycles. The molecule has 0 aromatic carbocycles. The second kappa shape index (κ2) is 5.02. The minimum atomic E-state index is -2.84. The first kappa shape index (κ1) is 12.3. The molecular weight excluding hydrogens is 226 g/mol. The van der Waals surface area contributed by atoms with Crippen LogP contribution in [-0.2, 0) is 9.84 Å². The Bertz CT molecular complexity index is 328. The summed E-state index contributed by atoms with van der Waals surface area (Å²) in [7, 11) is -2.84. The molecule has 0 bridgehead atoms. The Morgan fingerprint density at radius 1 is 1.06 bits per heavy atom. The van der Waals surface area contributed by atoms with E-state index in [4.69, 9.17) is 0 Å². The summed E-state index contributed by atoms with van der Waals surface area (Å²) in [5.74, 6) is 0.578. The van der Waals surface area contributed by atoms with Gasteiger partial charge in [-0.15, -0.1) is 0 Å². The monoisotopic (exact) mass is 247 g/mol. The zero-order valence-corrected chi connectivity index (χ0v) is 10.4. The van der Waals surface area contributed by atoms with E-state index in [1.165, 1.54) is 0 Å². The fourth-order valence-electron chi connectivity index (χ4n) is 2.76. The number of aliphatic hydroxyl groups excluding tert-OH is 1. The number of sulfone groups is 1. The molecule has 1 aliphatic heterocycles. The Kier molecular flexibility index (Phi) is 3.87. The number of aliphatic hydroxyl groups is 1. The van der Waals surface area contributed by atoms with Crippen LogP contribution in [0.5, 0.6) is 0 Å². The van der Waals surface area contributed by atoms with E-state index in [1.807, 2.05) is 0 Å². The van der Waals surface area contributed by atoms with Crippen molar-refractivity contribution < 1.29 is 13.5 Å². The van der Waals surface area contributed by atoms with E-state index in [0.29, 0.717) is 5.75 Å². The van der Waals surface area contributed by atoms with Gasteiger partial charge in [0, 0.05) is 12.1 Å². The molecule has 1 saturated carbocycles. The molecule has 1 unspecified atom stereocenters. The van der Waals surface area contributed by atoms with Gasteiger partial charge in [-0.25, -0.2) is 8.42 Å². The number of hydrogen-bond donors (Lipinski definition) is 2. The van der Waals surface area contributed by atoms with Crippen LogP contribution in [0.15, 0.2) is 0 Å². The third-order valence-electron chi connectivity index (χ3n) is 3.64. The molecule has 1 heterocycles. The van der Waals surface area contributed by atoms with E-state index in [1.54, 1.807) is 0 Å². The van der Waals surface area contributed by atoms with Crippen molar-refractivity contribution in [3.8, 4) is 0 Å². The van der Waals surface area contributed by atoms with Crippen molar-refractivity contribution in [2.24, 2.45) is 0 Å². The fourth-order valence-corrected chi connectivity index (χ4v) is 4.41. The zero-order valence-electron chi connectivity index (χ0n) is 9.56. The molecule has 0 spiro atoms. The Hall–Kier alpha value is -0.130. The lowest BCUT2D eigenvalue weighted by Gasteiger charge is -2.33. The molecule has 5 heteroatoms. The summed E-state index contributed by atoms with van der Waals surface area (Å²) >= 11 is 0. The SMILES string of the molecule is O=S1(=O)CCCC(N[C@@H]2CCCC[C@H]2O)C1. The number of nitrogens with one attached hydrogen (secondary N) is 1. The van der Waals surface area contributed by atoms with Crippen molar-refractivity contribution in [3.63, 3.8) is 0 Å². The van der Waals surface area contributed by atoms with Crippen molar-refractivity contribution in [3.05, 3.63) is 0 Å². The van der Waals surface area contributed by atoms with Crippen LogP contribution in [-0.4, -0.2) is 43.2 Å². The summed E-state index contributed by atoms with van der Waals surface area (Å²) in [6.45, 7) is 0. The second-order valence-corrected chi connectivity index (χ2v) is 7.31. The normalized spacial score (nSPS) is 39.4. The van der Waals surface area contributed by atoms with Crippen LogP contribution in [0, 0.1) is 0 Å². The van der Waals surface area contributed by atoms with Crippen LogP contribution in [0.25, 0.3) is 0 Å². The lowest BCUT2D eigenvalue weighted by atomic mass is 9.92. The van der Waals surface area contributed by atoms with Crippen molar-refractivity contribution in [2.45, 2.75) is 56.7 Å². The van der Waals surface area contributed by atoms with Crippen LogP contribution < -0.4 is 5.32 Å². The van der Waals surface area contributed by atoms with Gasteiger partial charge in [-0.2, -0.15) is 0 Å². The zero-order chi connectivity index (χ0) is 11.6. The van der Waals surface area contributed by atoms with Gasteiger partial charge in [0.1, 0.15) is 0 Å². The minimum Gasteiger partial charge on any atom is -0.392 e. The molecular formula is C11H21NO3S. The summed E-state index contributed by atoms with van der Waals surface area (Å²) in [6, 6.07) is 0.156. The number of rotatable bonds is 2. The highest BCUT2D eigenvalue weighted by Gasteiger charge is 2.29. The first-order valence-corrected chi connectivity index (χ1v) is 8.03. The van der Waals surface area contributed by atoms with Gasteiger partial charge in [-0.05, 0) is 25.7 Å². The molecule has 1 aliphatic carbocycles. The second-order valence-electron chi connectivity index (χ2n) is 5.08. The quantitative estimate of drug-likeness (QED) is 0.744. The summed E-state index contributed by atoms with van der Waals surface area (Å²) in [5, 5.41) is 13.2. The lowest BCUT2D eigenvalue weighted by Crippen LogP contribution is -2.50. The molecule has 0 radical (unpaired) electrons. The van der Waals surface area contributed by atoms with Gasteiger partial charge in [-0.1, -0.05) is 12.8 Å². The Labute approximate surface area is 97.3 Å². The van der Waals surface area contributed by atoms with Crippen LogP contribution >= 0.6 is 0 Å². The minimum absolute atomic E-state index is 0.0523. The summed E-state index contributed by atoms with van der Waals surface area (Å²) in [4.78, 5) is 0. The van der Waals surface area contributed by atoms with Crippen molar-refractivity contribution in [2.75, 3.05) is 11.5 Å². The first-order chi connectivity index (χ1) is 7.57. The van der Waals surface area contributed by atoms with Gasteiger partial charge in [0.2, 0.25) is 0 Å². The summed E-state index contributed by atoms with van der Waals surface area (Å²) < 4.78 is 23.0. The lowest BCUT2D eigenvalue weighted by molar-refractivity contribution is 0.0852. The highest BCUT2D eigenvalue weighted by Crippen LogP contribution is 2.21. The Morgan fingerprint density at radius 2 is 1.81 bits per heavy atom. The molecule has 3 atom stereocenters. The third-order valence-corrected chi connectivity index (χ3v) is 5.46. The van der Waals surface area contributed by atoms with Crippen LogP contribution in [0.2, 0.25) is 0 Å². The average molecular weight is 247 g/mol. The van der Waals surface area contributed by atoms with E-state index in [2.05, 4.69) is 5.32 Å². The predicted molar refractivity (Wildman–Crippen MR) is 63.1 cm³/mol. The predicted octanol–water partition coefficient (Wildman–Crippen LogP) is 0.457. The molecule has 2 rings (SSSR count). The summed E-state index contributed by atoms with van der Waals surface area (Å²) in [6.07, 6.45) is 5.41. The van der Waals surface area contributed by atoms with Gasteiger partial charge in [0.05, 0.1) is 17.6 Å². The van der Waals surface area contributed by atoms with Crippen LogP contribution in [0.1, 0.15) is 38.5 Å². The van der Waals surface area contributed by atoms with Gasteiger partial charge in [0.15, 0.2) is 9.84 Å². The molecule has 94 valence electrons. The molecule has 0 amide bonds. The molecule has 0 aromatic rings. The fraction of sp³-hybridized carbons (Fsp3) is 1.00. The van der Waals surface area contributed by atoms with E-state index < -0.39 is 9.84 Å². The van der Waals surface area contributed by atoms with Gasteiger partial charge >= 0.3 is 0 Å². The maximum atomic E-state index is 11.5. The Morgan fingerprint density at radius 3 is 2.50 bits per heavy atom. The van der Waals surface area contributed by atoms with Gasteiger partial charge in [-0.3, -0.25) is 0 Å². The molecule has 2 aliphatic rings. The van der Waals surface area contributed by atoms with Crippen LogP contribution in [0.3, 0.4) is 0 Å². The van der Waals surface area contributed by atoms with E-state index in [0.717, 1.165) is 38.5 Å². The third kappa shape index (κ3) is 3.18. The van der Waals surface area contributed by atoms with Crippen molar-refractivity contribution >= 4 is 9.84 Å². The van der Waals surface area contributed by atoms with E-state index in [-0.39, 0.29) is 23.9 Å². The highest BCUT2D eigenvalue weighted by molar-refractivity contribution is 7.91. The standard InChI is InChI=1S/C11H21NO3S/c13-11-6-2-1-5-10(11)12-9-4-3-7-16(14,15)8-9/h9-13H,1-8H2/t9?,10-,11-/m1/s1. The topological polar surface area (TPSA) is 66.4 Å². The number of hydrogen-bond acceptors (Lipinski definition) is 4. The molecule has 2 N–H and O–H groups in total. The highest BCUT2D eigenvalue weighted by atomic mass is 32.2. The van der Waals surface area contributed by atoms with E-state index >= 15 is 0 Å². The Balaban J connectivity index is 1.88. The maximum absolute atomic E-state index is 11.5. The van der Waals surface area contributed by atoms with Gasteiger partial charge in [0.25, 0.3) is 0 Å².